The fraction of sp³-hybridized carbons (Fsp3) is 0.615. The molecule has 0 bridgehead atoms. The number of aromatic nitrogens is 1. The minimum absolute atomic E-state index is 0.0680. The van der Waals surface area contributed by atoms with Crippen molar-refractivity contribution in [2.75, 3.05) is 7.11 Å². The third kappa shape index (κ3) is 1.85. The first-order valence-corrected chi connectivity index (χ1v) is 5.69. The number of ether oxygens (including phenoxy) is 1. The fourth-order valence-corrected chi connectivity index (χ4v) is 2.62. The quantitative estimate of drug-likeness (QED) is 0.781. The maximum Gasteiger partial charge on any atom is 0.120 e. The molecule has 0 aromatic carbocycles. The van der Waals surface area contributed by atoms with E-state index in [0.29, 0.717) is 5.92 Å². The van der Waals surface area contributed by atoms with Gasteiger partial charge in [-0.25, -0.2) is 0 Å². The van der Waals surface area contributed by atoms with Crippen molar-refractivity contribution in [2.24, 2.45) is 5.92 Å². The van der Waals surface area contributed by atoms with E-state index in [1.54, 1.807) is 7.11 Å². The van der Waals surface area contributed by atoms with Gasteiger partial charge in [0.05, 0.1) is 5.60 Å². The molecule has 1 aromatic rings. The van der Waals surface area contributed by atoms with Gasteiger partial charge in [-0.15, -0.1) is 0 Å². The van der Waals surface area contributed by atoms with Crippen LogP contribution in [0.1, 0.15) is 31.2 Å². The molecular formula is C13H18N2O. The molecule has 1 aliphatic carbocycles. The Morgan fingerprint density at radius 3 is 2.81 bits per heavy atom. The van der Waals surface area contributed by atoms with Crippen LogP contribution in [0.5, 0.6) is 0 Å². The van der Waals surface area contributed by atoms with Gasteiger partial charge in [-0.2, -0.15) is 5.26 Å². The van der Waals surface area contributed by atoms with Crippen molar-refractivity contribution in [1.82, 2.24) is 4.57 Å². The minimum Gasteiger partial charge on any atom is -0.379 e. The predicted octanol–water partition coefficient (Wildman–Crippen LogP) is 2.48. The van der Waals surface area contributed by atoms with Gasteiger partial charge in [0.15, 0.2) is 0 Å². The molecular weight excluding hydrogens is 200 g/mol. The van der Waals surface area contributed by atoms with Crippen molar-refractivity contribution in [3.63, 3.8) is 0 Å². The summed E-state index contributed by atoms with van der Waals surface area (Å²) < 4.78 is 7.55. The molecule has 1 aliphatic rings. The van der Waals surface area contributed by atoms with Crippen molar-refractivity contribution in [1.29, 1.82) is 5.26 Å². The number of rotatable bonds is 3. The topological polar surface area (TPSA) is 38.0 Å². The van der Waals surface area contributed by atoms with Gasteiger partial charge in [0, 0.05) is 19.3 Å². The zero-order chi connectivity index (χ0) is 11.8. The molecule has 3 heteroatoms. The number of nitriles is 1. The van der Waals surface area contributed by atoms with Crippen LogP contribution in [0, 0.1) is 24.2 Å². The Hall–Kier alpha value is -1.27. The van der Waals surface area contributed by atoms with Crippen LogP contribution < -0.4 is 0 Å². The lowest BCUT2D eigenvalue weighted by atomic mass is 9.72. The molecule has 0 spiro atoms. The van der Waals surface area contributed by atoms with E-state index in [2.05, 4.69) is 24.5 Å². The van der Waals surface area contributed by atoms with Crippen molar-refractivity contribution in [3.05, 3.63) is 23.5 Å². The maximum absolute atomic E-state index is 8.99. The van der Waals surface area contributed by atoms with E-state index in [1.165, 1.54) is 5.69 Å². The van der Waals surface area contributed by atoms with Gasteiger partial charge in [0.2, 0.25) is 0 Å². The van der Waals surface area contributed by atoms with Crippen molar-refractivity contribution < 1.29 is 4.74 Å². The van der Waals surface area contributed by atoms with E-state index in [1.807, 2.05) is 12.1 Å². The zero-order valence-corrected chi connectivity index (χ0v) is 10.2. The molecule has 1 fully saturated rings. The molecule has 86 valence electrons. The third-order valence-electron chi connectivity index (χ3n) is 3.69. The third-order valence-corrected chi connectivity index (χ3v) is 3.69. The van der Waals surface area contributed by atoms with Gasteiger partial charge in [0.1, 0.15) is 11.8 Å². The molecule has 1 aromatic heterocycles. The first kappa shape index (κ1) is 11.2. The lowest BCUT2D eigenvalue weighted by Crippen LogP contribution is -2.44. The number of hydrogen-bond acceptors (Lipinski definition) is 2. The number of aryl methyl sites for hydroxylation is 1. The normalized spacial score (nSPS) is 28.5. The van der Waals surface area contributed by atoms with E-state index >= 15 is 0 Å². The molecule has 0 unspecified atom stereocenters. The Balaban J connectivity index is 2.02. The first-order valence-electron chi connectivity index (χ1n) is 5.69. The highest BCUT2D eigenvalue weighted by Gasteiger charge is 2.40. The van der Waals surface area contributed by atoms with E-state index in [4.69, 9.17) is 10.00 Å². The second-order valence-electron chi connectivity index (χ2n) is 5.01. The number of hydrogen-bond donors (Lipinski definition) is 0. The van der Waals surface area contributed by atoms with Crippen molar-refractivity contribution in [3.8, 4) is 6.07 Å². The Kier molecular flexibility index (Phi) is 2.77. The second-order valence-corrected chi connectivity index (χ2v) is 5.01. The fourth-order valence-electron chi connectivity index (χ4n) is 2.62. The summed E-state index contributed by atoms with van der Waals surface area (Å²) in [6.07, 6.45) is 2.18. The Morgan fingerprint density at radius 1 is 1.56 bits per heavy atom. The summed E-state index contributed by atoms with van der Waals surface area (Å²) >= 11 is 0. The van der Waals surface area contributed by atoms with E-state index in [9.17, 15) is 0 Å². The molecule has 2 rings (SSSR count). The second kappa shape index (κ2) is 3.95. The van der Waals surface area contributed by atoms with Gasteiger partial charge in [0.25, 0.3) is 0 Å². The number of methoxy groups -OCH3 is 1. The number of nitrogens with zero attached hydrogens (tertiary/aromatic N) is 2. The molecule has 1 saturated carbocycles. The standard InChI is InChI=1S/C13H18N2O/c1-10-4-5-12(8-14)15(10)9-11-6-13(2,7-11)16-3/h4-5,11H,6-7,9H2,1-3H3/t11-,13+. The van der Waals surface area contributed by atoms with Crippen molar-refractivity contribution >= 4 is 0 Å². The molecule has 0 aliphatic heterocycles. The predicted molar refractivity (Wildman–Crippen MR) is 62.0 cm³/mol. The Morgan fingerprint density at radius 2 is 2.25 bits per heavy atom. The van der Waals surface area contributed by atoms with Crippen LogP contribution in [0.3, 0.4) is 0 Å². The SMILES string of the molecule is CO[C@]1(C)C[C@H](Cn2c(C)ccc2C#N)C1. The maximum atomic E-state index is 8.99. The molecule has 0 atom stereocenters. The zero-order valence-electron chi connectivity index (χ0n) is 10.2. The van der Waals surface area contributed by atoms with E-state index in [-0.39, 0.29) is 5.60 Å². The summed E-state index contributed by atoms with van der Waals surface area (Å²) in [6, 6.07) is 6.14. The Labute approximate surface area is 96.6 Å². The first-order chi connectivity index (χ1) is 7.58. The lowest BCUT2D eigenvalue weighted by Gasteiger charge is -2.44. The summed E-state index contributed by atoms with van der Waals surface area (Å²) in [7, 11) is 1.78. The van der Waals surface area contributed by atoms with Gasteiger partial charge in [-0.05, 0) is 44.7 Å². The van der Waals surface area contributed by atoms with Gasteiger partial charge in [-0.1, -0.05) is 0 Å². The summed E-state index contributed by atoms with van der Waals surface area (Å²) in [6.45, 7) is 5.15. The monoisotopic (exact) mass is 218 g/mol. The summed E-state index contributed by atoms with van der Waals surface area (Å²) in [5, 5.41) is 8.99. The molecule has 0 radical (unpaired) electrons. The van der Waals surface area contributed by atoms with Gasteiger partial charge in [-0.3, -0.25) is 0 Å². The highest BCUT2D eigenvalue weighted by molar-refractivity contribution is 5.26. The summed E-state index contributed by atoms with van der Waals surface area (Å²) in [5.41, 5.74) is 2.00. The van der Waals surface area contributed by atoms with Crippen molar-refractivity contribution in [2.45, 2.75) is 38.8 Å². The Bertz CT molecular complexity index is 422. The van der Waals surface area contributed by atoms with Crippen LogP contribution in [0.4, 0.5) is 0 Å². The molecule has 16 heavy (non-hydrogen) atoms. The average molecular weight is 218 g/mol. The van der Waals surface area contributed by atoms with E-state index in [0.717, 1.165) is 25.1 Å². The average Bonchev–Trinajstić information content (AvgIpc) is 2.57. The molecule has 1 heterocycles. The van der Waals surface area contributed by atoms with Crippen LogP contribution in [-0.2, 0) is 11.3 Å². The largest absolute Gasteiger partial charge is 0.379 e. The lowest BCUT2D eigenvalue weighted by molar-refractivity contribution is -0.0941. The van der Waals surface area contributed by atoms with Crippen LogP contribution in [0.25, 0.3) is 0 Å². The highest BCUT2D eigenvalue weighted by Crippen LogP contribution is 2.41. The van der Waals surface area contributed by atoms with Crippen LogP contribution in [0.15, 0.2) is 12.1 Å². The summed E-state index contributed by atoms with van der Waals surface area (Å²) in [5.74, 6) is 0.642. The molecule has 0 saturated heterocycles. The van der Waals surface area contributed by atoms with Gasteiger partial charge < -0.3 is 9.30 Å². The van der Waals surface area contributed by atoms with Crippen LogP contribution in [-0.4, -0.2) is 17.3 Å². The minimum atomic E-state index is 0.0680. The van der Waals surface area contributed by atoms with Crippen LogP contribution >= 0.6 is 0 Å². The molecule has 0 amide bonds. The smallest absolute Gasteiger partial charge is 0.120 e. The van der Waals surface area contributed by atoms with E-state index < -0.39 is 0 Å². The highest BCUT2D eigenvalue weighted by atomic mass is 16.5. The summed E-state index contributed by atoms with van der Waals surface area (Å²) in [4.78, 5) is 0. The molecule has 3 nitrogen and oxygen atoms in total. The van der Waals surface area contributed by atoms with Gasteiger partial charge >= 0.3 is 0 Å². The van der Waals surface area contributed by atoms with Crippen LogP contribution in [0.2, 0.25) is 0 Å². The molecule has 0 N–H and O–H groups in total.